The maximum absolute atomic E-state index is 12.4. The molecule has 0 aromatic heterocycles. The Kier molecular flexibility index (Phi) is 5.33. The van der Waals surface area contributed by atoms with Crippen LogP contribution in [0.15, 0.2) is 0 Å². The van der Waals surface area contributed by atoms with Gasteiger partial charge in [0.05, 0.1) is 12.1 Å². The minimum absolute atomic E-state index is 0.112. The Morgan fingerprint density at radius 1 is 1.56 bits per heavy atom. The van der Waals surface area contributed by atoms with Crippen LogP contribution in [0.25, 0.3) is 0 Å². The molecule has 0 spiro atoms. The molecule has 2 heterocycles. The van der Waals surface area contributed by atoms with Crippen molar-refractivity contribution in [2.45, 2.75) is 50.8 Å². The summed E-state index contributed by atoms with van der Waals surface area (Å²) in [6, 6.07) is 0.0151. The predicted molar refractivity (Wildman–Crippen MR) is 74.7 cm³/mol. The quantitative estimate of drug-likeness (QED) is 0.818. The summed E-state index contributed by atoms with van der Waals surface area (Å²) in [6.45, 7) is 3.54. The average Bonchev–Trinajstić information content (AvgIpc) is 3.06. The maximum Gasteiger partial charge on any atom is 0.239 e. The highest BCUT2D eigenvalue weighted by Gasteiger charge is 2.32. The van der Waals surface area contributed by atoms with Gasteiger partial charge in [-0.2, -0.15) is 11.8 Å². The van der Waals surface area contributed by atoms with Gasteiger partial charge in [-0.3, -0.25) is 4.79 Å². The Labute approximate surface area is 114 Å². The molecular formula is C13H24N2O2S. The minimum Gasteiger partial charge on any atom is -0.376 e. The van der Waals surface area contributed by atoms with Crippen molar-refractivity contribution >= 4 is 17.7 Å². The van der Waals surface area contributed by atoms with Gasteiger partial charge in [0.15, 0.2) is 0 Å². The molecule has 0 aromatic rings. The number of hydrogen-bond donors (Lipinski definition) is 1. The van der Waals surface area contributed by atoms with Crippen molar-refractivity contribution in [3.63, 3.8) is 0 Å². The molecule has 0 saturated carbocycles. The van der Waals surface area contributed by atoms with Crippen LogP contribution in [0.3, 0.4) is 0 Å². The molecule has 0 aliphatic carbocycles. The van der Waals surface area contributed by atoms with E-state index in [2.05, 4.69) is 0 Å². The zero-order valence-electron chi connectivity index (χ0n) is 11.1. The van der Waals surface area contributed by atoms with Gasteiger partial charge in [0.2, 0.25) is 5.91 Å². The van der Waals surface area contributed by atoms with Gasteiger partial charge in [-0.25, -0.2) is 0 Å². The van der Waals surface area contributed by atoms with Gasteiger partial charge in [0.1, 0.15) is 0 Å². The third-order valence-corrected chi connectivity index (χ3v) is 4.96. The van der Waals surface area contributed by atoms with E-state index >= 15 is 0 Å². The van der Waals surface area contributed by atoms with Gasteiger partial charge in [-0.15, -0.1) is 0 Å². The van der Waals surface area contributed by atoms with Crippen molar-refractivity contribution in [1.82, 2.24) is 4.90 Å². The molecule has 2 aliphatic heterocycles. The molecule has 5 heteroatoms. The van der Waals surface area contributed by atoms with Crippen molar-refractivity contribution in [2.24, 2.45) is 5.73 Å². The van der Waals surface area contributed by atoms with E-state index in [1.54, 1.807) is 0 Å². The van der Waals surface area contributed by atoms with Crippen molar-refractivity contribution in [1.29, 1.82) is 0 Å². The van der Waals surface area contributed by atoms with Crippen molar-refractivity contribution in [2.75, 3.05) is 24.7 Å². The van der Waals surface area contributed by atoms with Crippen LogP contribution in [0.5, 0.6) is 0 Å². The summed E-state index contributed by atoms with van der Waals surface area (Å²) < 4.78 is 5.67. The lowest BCUT2D eigenvalue weighted by molar-refractivity contribution is -0.136. The van der Waals surface area contributed by atoms with Gasteiger partial charge in [0, 0.05) is 24.9 Å². The highest BCUT2D eigenvalue weighted by atomic mass is 32.2. The Hall–Kier alpha value is -0.260. The topological polar surface area (TPSA) is 55.6 Å². The number of amides is 1. The second kappa shape index (κ2) is 6.78. The van der Waals surface area contributed by atoms with Crippen molar-refractivity contribution in [3.8, 4) is 0 Å². The first-order chi connectivity index (χ1) is 8.72. The van der Waals surface area contributed by atoms with E-state index in [0.717, 1.165) is 43.9 Å². The Balaban J connectivity index is 1.98. The molecule has 4 nitrogen and oxygen atoms in total. The van der Waals surface area contributed by atoms with E-state index in [-0.39, 0.29) is 18.1 Å². The fourth-order valence-corrected chi connectivity index (χ4v) is 3.81. The lowest BCUT2D eigenvalue weighted by Crippen LogP contribution is -2.51. The van der Waals surface area contributed by atoms with Crippen LogP contribution in [0.2, 0.25) is 0 Å². The monoisotopic (exact) mass is 272 g/mol. The average molecular weight is 272 g/mol. The molecule has 18 heavy (non-hydrogen) atoms. The van der Waals surface area contributed by atoms with Crippen LogP contribution in [0.1, 0.15) is 32.6 Å². The molecule has 2 N–H and O–H groups in total. The zero-order chi connectivity index (χ0) is 13.0. The second-order valence-corrected chi connectivity index (χ2v) is 6.31. The molecule has 0 aromatic carbocycles. The molecule has 2 saturated heterocycles. The fourth-order valence-electron chi connectivity index (χ4n) is 2.58. The first kappa shape index (κ1) is 14.2. The van der Waals surface area contributed by atoms with Crippen LogP contribution in [0.4, 0.5) is 0 Å². The minimum atomic E-state index is -0.350. The van der Waals surface area contributed by atoms with Gasteiger partial charge < -0.3 is 15.4 Å². The summed E-state index contributed by atoms with van der Waals surface area (Å²) in [5.74, 6) is 2.32. The summed E-state index contributed by atoms with van der Waals surface area (Å²) in [5, 5.41) is 0. The van der Waals surface area contributed by atoms with Crippen molar-refractivity contribution < 1.29 is 9.53 Å². The van der Waals surface area contributed by atoms with Gasteiger partial charge >= 0.3 is 0 Å². The molecule has 1 amide bonds. The number of carbonyl (C=O) groups excluding carboxylic acids is 1. The summed E-state index contributed by atoms with van der Waals surface area (Å²) in [6.07, 6.45) is 4.22. The van der Waals surface area contributed by atoms with E-state index in [1.807, 2.05) is 23.6 Å². The van der Waals surface area contributed by atoms with E-state index in [9.17, 15) is 4.79 Å². The third-order valence-electron chi connectivity index (χ3n) is 3.81. The standard InChI is InChI=1S/C13H24N2O2S/c1-2-12(14)13(16)15(10-5-7-18-9-10)8-11-4-3-6-17-11/h10-12H,2-9,14H2,1H3. The lowest BCUT2D eigenvalue weighted by atomic mass is 10.1. The Bertz CT molecular complexity index is 276. The van der Waals surface area contributed by atoms with Crippen LogP contribution < -0.4 is 5.73 Å². The van der Waals surface area contributed by atoms with E-state index in [0.29, 0.717) is 12.5 Å². The fraction of sp³-hybridized carbons (Fsp3) is 0.923. The highest BCUT2D eigenvalue weighted by Crippen LogP contribution is 2.25. The van der Waals surface area contributed by atoms with E-state index < -0.39 is 0 Å². The molecule has 2 aliphatic rings. The number of hydrogen-bond acceptors (Lipinski definition) is 4. The first-order valence-electron chi connectivity index (χ1n) is 6.97. The predicted octanol–water partition coefficient (Wildman–Crippen LogP) is 1.24. The Morgan fingerprint density at radius 2 is 2.39 bits per heavy atom. The molecule has 2 rings (SSSR count). The number of nitrogens with two attached hydrogens (primary N) is 1. The summed E-state index contributed by atoms with van der Waals surface area (Å²) in [4.78, 5) is 14.4. The molecule has 0 radical (unpaired) electrons. The van der Waals surface area contributed by atoms with Crippen molar-refractivity contribution in [3.05, 3.63) is 0 Å². The van der Waals surface area contributed by atoms with Gasteiger partial charge in [-0.1, -0.05) is 6.92 Å². The van der Waals surface area contributed by atoms with Crippen LogP contribution in [-0.2, 0) is 9.53 Å². The largest absolute Gasteiger partial charge is 0.376 e. The molecule has 3 unspecified atom stereocenters. The molecule has 2 fully saturated rings. The smallest absolute Gasteiger partial charge is 0.239 e. The van der Waals surface area contributed by atoms with E-state index in [1.165, 1.54) is 0 Å². The van der Waals surface area contributed by atoms with Gasteiger partial charge in [0.25, 0.3) is 0 Å². The van der Waals surface area contributed by atoms with Gasteiger partial charge in [-0.05, 0) is 31.4 Å². The summed E-state index contributed by atoms with van der Waals surface area (Å²) in [7, 11) is 0. The van der Waals surface area contributed by atoms with Crippen LogP contribution in [0, 0.1) is 0 Å². The van der Waals surface area contributed by atoms with Crippen LogP contribution in [-0.4, -0.2) is 53.7 Å². The SMILES string of the molecule is CCC(N)C(=O)N(CC1CCCO1)C1CCSC1. The second-order valence-electron chi connectivity index (χ2n) is 5.16. The first-order valence-corrected chi connectivity index (χ1v) is 8.13. The number of nitrogens with zero attached hydrogens (tertiary/aromatic N) is 1. The zero-order valence-corrected chi connectivity index (χ0v) is 12.0. The summed E-state index contributed by atoms with van der Waals surface area (Å²) >= 11 is 1.93. The highest BCUT2D eigenvalue weighted by molar-refractivity contribution is 7.99. The molecule has 0 bridgehead atoms. The normalized spacial score (nSPS) is 29.4. The summed E-state index contributed by atoms with van der Waals surface area (Å²) in [5.41, 5.74) is 5.92. The Morgan fingerprint density at radius 3 is 2.94 bits per heavy atom. The molecule has 3 atom stereocenters. The number of ether oxygens (including phenoxy) is 1. The third kappa shape index (κ3) is 3.39. The maximum atomic E-state index is 12.4. The number of carbonyl (C=O) groups is 1. The number of thioether (sulfide) groups is 1. The molecule has 104 valence electrons. The number of rotatable bonds is 5. The lowest BCUT2D eigenvalue weighted by Gasteiger charge is -2.32. The molecular weight excluding hydrogens is 248 g/mol. The van der Waals surface area contributed by atoms with E-state index in [4.69, 9.17) is 10.5 Å². The van der Waals surface area contributed by atoms with Crippen LogP contribution >= 0.6 is 11.8 Å².